The molecule has 1 N–H and O–H groups in total. The van der Waals surface area contributed by atoms with Crippen molar-refractivity contribution in [2.45, 2.75) is 26.2 Å². The van der Waals surface area contributed by atoms with Crippen LogP contribution in [0.25, 0.3) is 22.2 Å². The third-order valence-corrected chi connectivity index (χ3v) is 9.14. The number of hydrogen-bond donors (Lipinski definition) is 1. The van der Waals surface area contributed by atoms with Crippen LogP contribution < -0.4 is 4.90 Å². The SMILES string of the molecule is Cc1c(Cl)c(Br)cc2c(C(=O)O)cc(-c3ccc(N4C(=O)C5C6CCC(C6)C5C4=O)cc3)nc12. The maximum atomic E-state index is 13.1. The Bertz CT molecular complexity index is 1390. The van der Waals surface area contributed by atoms with Gasteiger partial charge in [0.15, 0.2) is 0 Å². The molecule has 1 aromatic heterocycles. The molecule has 4 atom stereocenters. The van der Waals surface area contributed by atoms with Crippen LogP contribution in [0.4, 0.5) is 5.69 Å². The van der Waals surface area contributed by atoms with E-state index < -0.39 is 5.97 Å². The number of fused-ring (bicyclic) bond motifs is 6. The van der Waals surface area contributed by atoms with Crippen LogP contribution in [0.5, 0.6) is 0 Å². The van der Waals surface area contributed by atoms with Crippen molar-refractivity contribution < 1.29 is 19.5 Å². The van der Waals surface area contributed by atoms with E-state index in [1.54, 1.807) is 37.3 Å². The molecule has 4 unspecified atom stereocenters. The lowest BCUT2D eigenvalue weighted by molar-refractivity contribution is -0.123. The number of carbonyl (C=O) groups excluding carboxylic acids is 2. The number of carbonyl (C=O) groups is 3. The molecule has 3 fully saturated rings. The maximum absolute atomic E-state index is 13.1. The zero-order chi connectivity index (χ0) is 23.9. The van der Waals surface area contributed by atoms with Crippen molar-refractivity contribution in [2.75, 3.05) is 4.90 Å². The highest BCUT2D eigenvalue weighted by molar-refractivity contribution is 9.10. The fraction of sp³-hybridized carbons (Fsp3) is 0.308. The Morgan fingerprint density at radius 2 is 1.71 bits per heavy atom. The number of carboxylic acid groups (broad SMARTS) is 1. The number of aromatic nitrogens is 1. The number of pyridine rings is 1. The van der Waals surface area contributed by atoms with Gasteiger partial charge >= 0.3 is 5.97 Å². The first-order valence-electron chi connectivity index (χ1n) is 11.3. The first kappa shape index (κ1) is 21.7. The van der Waals surface area contributed by atoms with Gasteiger partial charge in [-0.05, 0) is 83.8 Å². The van der Waals surface area contributed by atoms with Crippen LogP contribution in [-0.2, 0) is 9.59 Å². The van der Waals surface area contributed by atoms with Gasteiger partial charge in [0.2, 0.25) is 11.8 Å². The van der Waals surface area contributed by atoms with Crippen molar-refractivity contribution in [3.8, 4) is 11.3 Å². The van der Waals surface area contributed by atoms with Gasteiger partial charge in [0.25, 0.3) is 0 Å². The average Bonchev–Trinajstić information content (AvgIpc) is 3.51. The van der Waals surface area contributed by atoms with Crippen LogP contribution >= 0.6 is 27.5 Å². The Kier molecular flexibility index (Phi) is 4.87. The van der Waals surface area contributed by atoms with E-state index >= 15 is 0 Å². The molecule has 1 aliphatic heterocycles. The molecular formula is C26H20BrClN2O4. The molecule has 2 aromatic carbocycles. The quantitative estimate of drug-likeness (QED) is 0.421. The number of imide groups is 1. The molecule has 1 saturated heterocycles. The largest absolute Gasteiger partial charge is 0.478 e. The van der Waals surface area contributed by atoms with Crippen molar-refractivity contribution in [1.82, 2.24) is 4.98 Å². The highest BCUT2D eigenvalue weighted by Gasteiger charge is 2.61. The molecule has 3 aromatic rings. The number of nitrogens with zero attached hydrogens (tertiary/aromatic N) is 2. The summed E-state index contributed by atoms with van der Waals surface area (Å²) < 4.78 is 0.610. The lowest BCUT2D eigenvalue weighted by Crippen LogP contribution is -2.32. The molecule has 0 spiro atoms. The summed E-state index contributed by atoms with van der Waals surface area (Å²) in [7, 11) is 0. The van der Waals surface area contributed by atoms with E-state index in [9.17, 15) is 19.5 Å². The van der Waals surface area contributed by atoms with E-state index in [1.807, 2.05) is 0 Å². The number of amides is 2. The fourth-order valence-electron chi connectivity index (χ4n) is 6.23. The highest BCUT2D eigenvalue weighted by Crippen LogP contribution is 2.56. The van der Waals surface area contributed by atoms with Gasteiger partial charge in [-0.15, -0.1) is 0 Å². The number of hydrogen-bond acceptors (Lipinski definition) is 4. The van der Waals surface area contributed by atoms with Crippen molar-refractivity contribution in [2.24, 2.45) is 23.7 Å². The van der Waals surface area contributed by atoms with Crippen molar-refractivity contribution >= 4 is 61.9 Å². The maximum Gasteiger partial charge on any atom is 0.336 e. The number of anilines is 1. The second-order valence-electron chi connectivity index (χ2n) is 9.50. The minimum atomic E-state index is -1.06. The Balaban J connectivity index is 1.39. The molecule has 2 heterocycles. The summed E-state index contributed by atoms with van der Waals surface area (Å²) in [5, 5.41) is 10.8. The number of halogens is 2. The first-order chi connectivity index (χ1) is 16.3. The van der Waals surface area contributed by atoms with E-state index in [1.165, 1.54) is 11.0 Å². The number of aromatic carboxylic acids is 1. The van der Waals surface area contributed by atoms with Gasteiger partial charge in [-0.1, -0.05) is 23.7 Å². The summed E-state index contributed by atoms with van der Waals surface area (Å²) in [6, 6.07) is 10.2. The minimum absolute atomic E-state index is 0.0808. The molecule has 2 amide bonds. The lowest BCUT2D eigenvalue weighted by atomic mass is 9.81. The molecule has 8 heteroatoms. The molecule has 6 nitrogen and oxygen atoms in total. The summed E-state index contributed by atoms with van der Waals surface area (Å²) in [4.78, 5) is 44.3. The number of aryl methyl sites for hydroxylation is 1. The predicted molar refractivity (Wildman–Crippen MR) is 132 cm³/mol. The summed E-state index contributed by atoms with van der Waals surface area (Å²) in [5.74, 6) is -0.889. The number of carboxylic acids is 1. The van der Waals surface area contributed by atoms with Gasteiger partial charge in [0, 0.05) is 15.4 Å². The van der Waals surface area contributed by atoms with Crippen molar-refractivity contribution in [3.63, 3.8) is 0 Å². The Labute approximate surface area is 209 Å². The van der Waals surface area contributed by atoms with Crippen LogP contribution in [-0.4, -0.2) is 27.9 Å². The first-order valence-corrected chi connectivity index (χ1v) is 12.4. The minimum Gasteiger partial charge on any atom is -0.478 e. The summed E-state index contributed by atoms with van der Waals surface area (Å²) >= 11 is 9.75. The molecule has 172 valence electrons. The average molecular weight is 540 g/mol. The number of benzene rings is 2. The molecule has 2 bridgehead atoms. The molecule has 34 heavy (non-hydrogen) atoms. The molecule has 0 radical (unpaired) electrons. The monoisotopic (exact) mass is 538 g/mol. The fourth-order valence-corrected chi connectivity index (χ4v) is 6.90. The molecule has 3 aliphatic rings. The van der Waals surface area contributed by atoms with E-state index in [2.05, 4.69) is 15.9 Å². The van der Waals surface area contributed by atoms with Crippen molar-refractivity contribution in [1.29, 1.82) is 0 Å². The predicted octanol–water partition coefficient (Wildman–Crippen LogP) is 5.86. The molecule has 6 rings (SSSR count). The zero-order valence-corrected chi connectivity index (χ0v) is 20.6. The van der Waals surface area contributed by atoms with Crippen LogP contribution in [0.3, 0.4) is 0 Å². The van der Waals surface area contributed by atoms with Gasteiger partial charge in [-0.25, -0.2) is 9.78 Å². The Morgan fingerprint density at radius 1 is 1.09 bits per heavy atom. The third kappa shape index (κ3) is 2.99. The van der Waals surface area contributed by atoms with Gasteiger partial charge in [0.05, 0.1) is 39.3 Å². The number of rotatable bonds is 3. The highest BCUT2D eigenvalue weighted by atomic mass is 79.9. The van der Waals surface area contributed by atoms with Crippen LogP contribution in [0, 0.1) is 30.6 Å². The Morgan fingerprint density at radius 3 is 2.29 bits per heavy atom. The molecule has 2 saturated carbocycles. The van der Waals surface area contributed by atoms with E-state index in [0.29, 0.717) is 54.7 Å². The lowest BCUT2D eigenvalue weighted by Gasteiger charge is -2.19. The zero-order valence-electron chi connectivity index (χ0n) is 18.2. The molecule has 2 aliphatic carbocycles. The Hall–Kier alpha value is -2.77. The third-order valence-electron chi connectivity index (χ3n) is 7.80. The summed E-state index contributed by atoms with van der Waals surface area (Å²) in [6.45, 7) is 1.80. The molecular weight excluding hydrogens is 520 g/mol. The summed E-state index contributed by atoms with van der Waals surface area (Å²) in [5.41, 5.74) is 3.03. The van der Waals surface area contributed by atoms with Gasteiger partial charge in [-0.3, -0.25) is 14.5 Å². The smallest absolute Gasteiger partial charge is 0.336 e. The van der Waals surface area contributed by atoms with E-state index in [0.717, 1.165) is 19.3 Å². The van der Waals surface area contributed by atoms with Gasteiger partial charge < -0.3 is 5.11 Å². The summed E-state index contributed by atoms with van der Waals surface area (Å²) in [6.07, 6.45) is 3.08. The van der Waals surface area contributed by atoms with Crippen LogP contribution in [0.1, 0.15) is 35.2 Å². The van der Waals surface area contributed by atoms with Crippen LogP contribution in [0.15, 0.2) is 40.9 Å². The second kappa shape index (κ2) is 7.62. The normalized spacial score (nSPS) is 25.4. The standard InChI is InChI=1S/C26H20BrClN2O4/c1-11-22(28)18(27)9-16-17(26(33)34)10-19(29-23(11)16)12-4-6-15(7-5-12)30-24(31)20-13-2-3-14(8-13)21(20)25(30)32/h4-7,9-10,13-14,20-21H,2-3,8H2,1H3,(H,33,34). The van der Waals surface area contributed by atoms with Gasteiger partial charge in [-0.2, -0.15) is 0 Å². The van der Waals surface area contributed by atoms with E-state index in [4.69, 9.17) is 16.6 Å². The topological polar surface area (TPSA) is 87.6 Å². The second-order valence-corrected chi connectivity index (χ2v) is 10.7. The van der Waals surface area contributed by atoms with E-state index in [-0.39, 0.29) is 29.2 Å². The van der Waals surface area contributed by atoms with Crippen molar-refractivity contribution in [3.05, 3.63) is 57.0 Å². The van der Waals surface area contributed by atoms with Gasteiger partial charge in [0.1, 0.15) is 0 Å². The van der Waals surface area contributed by atoms with Crippen LogP contribution in [0.2, 0.25) is 5.02 Å².